The molecule has 0 spiro atoms. The van der Waals surface area contributed by atoms with Crippen LogP contribution in [0.25, 0.3) is 10.9 Å². The average molecular weight is 430 g/mol. The van der Waals surface area contributed by atoms with E-state index in [2.05, 4.69) is 17.2 Å². The summed E-state index contributed by atoms with van der Waals surface area (Å²) in [7, 11) is 0. The number of carbonyl (C=O) groups excluding carboxylic acids is 1. The second kappa shape index (κ2) is 10.5. The minimum absolute atomic E-state index is 0.0880. The van der Waals surface area contributed by atoms with Gasteiger partial charge in [-0.3, -0.25) is 14.2 Å². The predicted octanol–water partition coefficient (Wildman–Crippen LogP) is 4.65. The largest absolute Gasteiger partial charge is 0.351 e. The van der Waals surface area contributed by atoms with Crippen molar-refractivity contribution in [1.82, 2.24) is 14.9 Å². The first-order chi connectivity index (χ1) is 14.1. The molecular weight excluding hydrogens is 406 g/mol. The van der Waals surface area contributed by atoms with Gasteiger partial charge < -0.3 is 5.32 Å². The molecule has 29 heavy (non-hydrogen) atoms. The van der Waals surface area contributed by atoms with Gasteiger partial charge in [-0.25, -0.2) is 4.98 Å². The van der Waals surface area contributed by atoms with Crippen molar-refractivity contribution in [2.24, 2.45) is 0 Å². The summed E-state index contributed by atoms with van der Waals surface area (Å²) in [5, 5.41) is 4.53. The van der Waals surface area contributed by atoms with E-state index < -0.39 is 0 Å². The molecule has 1 heterocycles. The summed E-state index contributed by atoms with van der Waals surface area (Å²) in [6.07, 6.45) is 2.99. The number of unbranched alkanes of at least 4 members (excludes halogenated alkanes) is 2. The third kappa shape index (κ3) is 5.84. The molecule has 0 saturated heterocycles. The monoisotopic (exact) mass is 429 g/mol. The highest BCUT2D eigenvalue weighted by Gasteiger charge is 2.13. The Labute approximate surface area is 179 Å². The molecule has 7 heteroatoms. The highest BCUT2D eigenvalue weighted by Crippen LogP contribution is 2.21. The van der Waals surface area contributed by atoms with Gasteiger partial charge >= 0.3 is 0 Å². The first kappa shape index (κ1) is 21.4. The van der Waals surface area contributed by atoms with Gasteiger partial charge in [-0.15, -0.1) is 0 Å². The zero-order valence-corrected chi connectivity index (χ0v) is 17.9. The van der Waals surface area contributed by atoms with Gasteiger partial charge in [0.05, 0.1) is 16.7 Å². The quantitative estimate of drug-likeness (QED) is 0.305. The Morgan fingerprint density at radius 1 is 1.17 bits per heavy atom. The van der Waals surface area contributed by atoms with Crippen molar-refractivity contribution >= 4 is 40.2 Å². The van der Waals surface area contributed by atoms with Crippen LogP contribution in [-0.4, -0.2) is 21.2 Å². The Hall–Kier alpha value is -2.31. The Morgan fingerprint density at radius 3 is 2.72 bits per heavy atom. The molecule has 0 aliphatic rings. The zero-order chi connectivity index (χ0) is 20.6. The number of nitrogens with one attached hydrogen (secondary N) is 1. The van der Waals surface area contributed by atoms with Crippen LogP contribution >= 0.6 is 23.4 Å². The smallest absolute Gasteiger partial charge is 0.262 e. The van der Waals surface area contributed by atoms with Gasteiger partial charge in [0.1, 0.15) is 0 Å². The van der Waals surface area contributed by atoms with Crippen molar-refractivity contribution < 1.29 is 4.79 Å². The molecule has 3 rings (SSSR count). The summed E-state index contributed by atoms with van der Waals surface area (Å²) >= 11 is 7.35. The molecule has 0 aliphatic heterocycles. The first-order valence-corrected chi connectivity index (χ1v) is 11.1. The van der Waals surface area contributed by atoms with E-state index in [1.54, 1.807) is 22.8 Å². The number of carbonyl (C=O) groups is 1. The third-order valence-corrected chi connectivity index (χ3v) is 5.74. The van der Waals surface area contributed by atoms with Crippen molar-refractivity contribution in [3.8, 4) is 0 Å². The molecule has 0 saturated carbocycles. The second-order valence-electron chi connectivity index (χ2n) is 6.77. The summed E-state index contributed by atoms with van der Waals surface area (Å²) in [6, 6.07) is 14.9. The normalized spacial score (nSPS) is 11.0. The van der Waals surface area contributed by atoms with E-state index in [1.165, 1.54) is 11.8 Å². The summed E-state index contributed by atoms with van der Waals surface area (Å²) in [5.41, 5.74) is 1.51. The highest BCUT2D eigenvalue weighted by molar-refractivity contribution is 7.99. The van der Waals surface area contributed by atoms with Gasteiger partial charge in [0, 0.05) is 18.1 Å². The minimum Gasteiger partial charge on any atom is -0.351 e. The molecule has 3 aromatic rings. The van der Waals surface area contributed by atoms with E-state index in [4.69, 9.17) is 11.6 Å². The number of benzene rings is 2. The van der Waals surface area contributed by atoms with E-state index in [9.17, 15) is 9.59 Å². The maximum absolute atomic E-state index is 13.0. The lowest BCUT2D eigenvalue weighted by Gasteiger charge is -2.13. The average Bonchev–Trinajstić information content (AvgIpc) is 2.73. The fourth-order valence-electron chi connectivity index (χ4n) is 2.98. The van der Waals surface area contributed by atoms with Crippen LogP contribution in [0, 0.1) is 0 Å². The molecule has 0 radical (unpaired) electrons. The molecule has 1 amide bonds. The highest BCUT2D eigenvalue weighted by atomic mass is 35.5. The molecule has 5 nitrogen and oxygen atoms in total. The number of halogens is 1. The number of amides is 1. The minimum atomic E-state index is -0.0978. The Balaban J connectivity index is 1.76. The van der Waals surface area contributed by atoms with Crippen LogP contribution in [0.1, 0.15) is 31.7 Å². The van der Waals surface area contributed by atoms with E-state index >= 15 is 0 Å². The van der Waals surface area contributed by atoms with E-state index in [-0.39, 0.29) is 17.2 Å². The van der Waals surface area contributed by atoms with Crippen LogP contribution in [0.5, 0.6) is 0 Å². The van der Waals surface area contributed by atoms with E-state index in [1.807, 2.05) is 30.3 Å². The van der Waals surface area contributed by atoms with Crippen LogP contribution in [0.4, 0.5) is 0 Å². The standard InChI is InChI=1S/C22H24ClN3O2S/c1-2-3-7-12-26-21(28)18-11-10-17(23)13-19(18)25-22(26)29-15-20(27)24-14-16-8-5-4-6-9-16/h4-6,8-11,13H,2-3,7,12,14-15H2,1H3,(H,24,27). The van der Waals surface area contributed by atoms with Gasteiger partial charge in [-0.05, 0) is 30.2 Å². The third-order valence-electron chi connectivity index (χ3n) is 4.53. The van der Waals surface area contributed by atoms with E-state index in [0.29, 0.717) is 34.2 Å². The number of rotatable bonds is 9. The van der Waals surface area contributed by atoms with Crippen LogP contribution in [0.2, 0.25) is 5.02 Å². The first-order valence-electron chi connectivity index (χ1n) is 9.72. The van der Waals surface area contributed by atoms with Crippen molar-refractivity contribution in [2.75, 3.05) is 5.75 Å². The number of aromatic nitrogens is 2. The summed E-state index contributed by atoms with van der Waals surface area (Å²) in [5.74, 6) is 0.0958. The maximum Gasteiger partial charge on any atom is 0.262 e. The fraction of sp³-hybridized carbons (Fsp3) is 0.318. The van der Waals surface area contributed by atoms with Crippen LogP contribution in [0.3, 0.4) is 0 Å². The molecule has 0 atom stereocenters. The molecule has 0 aliphatic carbocycles. The van der Waals surface area contributed by atoms with Gasteiger partial charge in [0.2, 0.25) is 5.91 Å². The number of hydrogen-bond acceptors (Lipinski definition) is 4. The van der Waals surface area contributed by atoms with Gasteiger partial charge in [-0.2, -0.15) is 0 Å². The molecule has 0 unspecified atom stereocenters. The van der Waals surface area contributed by atoms with Gasteiger partial charge in [0.25, 0.3) is 5.56 Å². The molecule has 152 valence electrons. The Bertz CT molecular complexity index is 1040. The fourth-order valence-corrected chi connectivity index (χ4v) is 4.00. The Morgan fingerprint density at radius 2 is 1.97 bits per heavy atom. The molecule has 0 fully saturated rings. The van der Waals surface area contributed by atoms with Crippen molar-refractivity contribution in [2.45, 2.75) is 44.4 Å². The summed E-state index contributed by atoms with van der Waals surface area (Å²) in [4.78, 5) is 29.9. The molecule has 1 N–H and O–H groups in total. The lowest BCUT2D eigenvalue weighted by molar-refractivity contribution is -0.118. The predicted molar refractivity (Wildman–Crippen MR) is 120 cm³/mol. The van der Waals surface area contributed by atoms with Crippen LogP contribution < -0.4 is 10.9 Å². The lowest BCUT2D eigenvalue weighted by atomic mass is 10.2. The maximum atomic E-state index is 13.0. The van der Waals surface area contributed by atoms with Crippen molar-refractivity contribution in [3.63, 3.8) is 0 Å². The number of nitrogens with zero attached hydrogens (tertiary/aromatic N) is 2. The molecule has 1 aromatic heterocycles. The lowest BCUT2D eigenvalue weighted by Crippen LogP contribution is -2.27. The second-order valence-corrected chi connectivity index (χ2v) is 8.15. The number of thioether (sulfide) groups is 1. The summed E-state index contributed by atoms with van der Waals surface area (Å²) < 4.78 is 1.68. The molecular formula is C22H24ClN3O2S. The Kier molecular flexibility index (Phi) is 7.72. The molecule has 0 bridgehead atoms. The van der Waals surface area contributed by atoms with Gasteiger partial charge in [-0.1, -0.05) is 73.5 Å². The number of hydrogen-bond donors (Lipinski definition) is 1. The molecule has 2 aromatic carbocycles. The van der Waals surface area contributed by atoms with Crippen LogP contribution in [0.15, 0.2) is 58.5 Å². The van der Waals surface area contributed by atoms with Crippen molar-refractivity contribution in [3.05, 3.63) is 69.5 Å². The SMILES string of the molecule is CCCCCn1c(SCC(=O)NCc2ccccc2)nc2cc(Cl)ccc2c1=O. The van der Waals surface area contributed by atoms with Crippen LogP contribution in [-0.2, 0) is 17.9 Å². The van der Waals surface area contributed by atoms with Gasteiger partial charge in [0.15, 0.2) is 5.16 Å². The zero-order valence-electron chi connectivity index (χ0n) is 16.4. The number of fused-ring (bicyclic) bond motifs is 1. The van der Waals surface area contributed by atoms with E-state index in [0.717, 1.165) is 24.8 Å². The van der Waals surface area contributed by atoms with Crippen molar-refractivity contribution in [1.29, 1.82) is 0 Å². The summed E-state index contributed by atoms with van der Waals surface area (Å²) in [6.45, 7) is 3.19. The topological polar surface area (TPSA) is 64.0 Å².